The van der Waals surface area contributed by atoms with E-state index in [1.165, 1.54) is 38.5 Å². The minimum atomic E-state index is 0.426. The van der Waals surface area contributed by atoms with Crippen LogP contribution in [0.25, 0.3) is 0 Å². The second-order valence-electron chi connectivity index (χ2n) is 5.27. The molecule has 1 aromatic rings. The lowest BCUT2D eigenvalue weighted by molar-refractivity contribution is 0.112. The average Bonchev–Trinajstić information content (AvgIpc) is 2.46. The Kier molecular flexibility index (Phi) is 5.71. The molecule has 19 heavy (non-hydrogen) atoms. The molecule has 0 atom stereocenters. The van der Waals surface area contributed by atoms with Crippen LogP contribution in [0.5, 0.6) is 5.75 Å². The van der Waals surface area contributed by atoms with Crippen LogP contribution in [0.2, 0.25) is 5.02 Å². The van der Waals surface area contributed by atoms with Gasteiger partial charge in [0.2, 0.25) is 0 Å². The van der Waals surface area contributed by atoms with Crippen molar-refractivity contribution < 1.29 is 9.53 Å². The predicted octanol–water partition coefficient (Wildman–Crippen LogP) is 4.89. The third-order valence-electron chi connectivity index (χ3n) is 3.86. The van der Waals surface area contributed by atoms with Crippen molar-refractivity contribution in [1.82, 2.24) is 0 Å². The van der Waals surface area contributed by atoms with Gasteiger partial charge in [-0.2, -0.15) is 0 Å². The number of hydrogen-bond acceptors (Lipinski definition) is 2. The van der Waals surface area contributed by atoms with Crippen LogP contribution >= 0.6 is 11.6 Å². The van der Waals surface area contributed by atoms with Gasteiger partial charge in [-0.05, 0) is 30.9 Å². The van der Waals surface area contributed by atoms with Gasteiger partial charge in [0.05, 0.1) is 11.6 Å². The molecule has 1 fully saturated rings. The van der Waals surface area contributed by atoms with Gasteiger partial charge in [-0.15, -0.1) is 0 Å². The van der Waals surface area contributed by atoms with Crippen molar-refractivity contribution in [2.75, 3.05) is 6.61 Å². The Morgan fingerprint density at radius 1 is 1.26 bits per heavy atom. The van der Waals surface area contributed by atoms with Crippen molar-refractivity contribution in [2.24, 2.45) is 5.92 Å². The van der Waals surface area contributed by atoms with Gasteiger partial charge in [-0.25, -0.2) is 0 Å². The zero-order valence-corrected chi connectivity index (χ0v) is 12.0. The standard InChI is InChI=1S/C16H21ClO2/c17-16-14(12-18)9-4-10-15(16)19-11-5-8-13-6-2-1-3-7-13/h4,9-10,12-13H,1-3,5-8,11H2. The second kappa shape index (κ2) is 7.54. The number of ether oxygens (including phenoxy) is 1. The topological polar surface area (TPSA) is 26.3 Å². The summed E-state index contributed by atoms with van der Waals surface area (Å²) in [6, 6.07) is 5.31. The molecule has 0 amide bonds. The molecule has 0 N–H and O–H groups in total. The number of carbonyl (C=O) groups excluding carboxylic acids is 1. The van der Waals surface area contributed by atoms with Gasteiger partial charge in [-0.1, -0.05) is 49.8 Å². The van der Waals surface area contributed by atoms with Crippen LogP contribution in [-0.2, 0) is 0 Å². The van der Waals surface area contributed by atoms with Crippen LogP contribution < -0.4 is 4.74 Å². The third-order valence-corrected chi connectivity index (χ3v) is 4.26. The molecule has 0 spiro atoms. The van der Waals surface area contributed by atoms with Crippen LogP contribution in [0.4, 0.5) is 0 Å². The van der Waals surface area contributed by atoms with Gasteiger partial charge >= 0.3 is 0 Å². The lowest BCUT2D eigenvalue weighted by Gasteiger charge is -2.21. The largest absolute Gasteiger partial charge is 0.492 e. The molecule has 1 saturated carbocycles. The molecule has 3 heteroatoms. The van der Waals surface area contributed by atoms with E-state index in [4.69, 9.17) is 16.3 Å². The summed E-state index contributed by atoms with van der Waals surface area (Å²) >= 11 is 6.08. The number of halogens is 1. The molecule has 1 aromatic carbocycles. The monoisotopic (exact) mass is 280 g/mol. The van der Waals surface area contributed by atoms with E-state index >= 15 is 0 Å². The first-order chi connectivity index (χ1) is 9.31. The first-order valence-electron chi connectivity index (χ1n) is 7.17. The van der Waals surface area contributed by atoms with E-state index in [1.54, 1.807) is 12.1 Å². The molecule has 0 saturated heterocycles. The third kappa shape index (κ3) is 4.24. The first-order valence-corrected chi connectivity index (χ1v) is 7.55. The van der Waals surface area contributed by atoms with Crippen molar-refractivity contribution >= 4 is 17.9 Å². The van der Waals surface area contributed by atoms with Crippen molar-refractivity contribution in [2.45, 2.75) is 44.9 Å². The molecule has 2 rings (SSSR count). The molecule has 1 aliphatic carbocycles. The molecule has 0 aliphatic heterocycles. The predicted molar refractivity (Wildman–Crippen MR) is 78.1 cm³/mol. The minimum absolute atomic E-state index is 0.426. The van der Waals surface area contributed by atoms with Crippen LogP contribution in [0.3, 0.4) is 0 Å². The number of aldehydes is 1. The molecule has 0 bridgehead atoms. The Bertz CT molecular complexity index is 411. The highest BCUT2D eigenvalue weighted by molar-refractivity contribution is 6.34. The Balaban J connectivity index is 1.74. The van der Waals surface area contributed by atoms with Crippen LogP contribution in [0.15, 0.2) is 18.2 Å². The SMILES string of the molecule is O=Cc1cccc(OCCCC2CCCCC2)c1Cl. The van der Waals surface area contributed by atoms with Crippen LogP contribution in [-0.4, -0.2) is 12.9 Å². The molecular weight excluding hydrogens is 260 g/mol. The van der Waals surface area contributed by atoms with Gasteiger partial charge in [0.15, 0.2) is 6.29 Å². The van der Waals surface area contributed by atoms with Crippen LogP contribution in [0.1, 0.15) is 55.3 Å². The van der Waals surface area contributed by atoms with E-state index in [9.17, 15) is 4.79 Å². The highest BCUT2D eigenvalue weighted by Gasteiger charge is 2.13. The lowest BCUT2D eigenvalue weighted by Crippen LogP contribution is -2.08. The first kappa shape index (κ1) is 14.4. The maximum atomic E-state index is 10.8. The maximum Gasteiger partial charge on any atom is 0.151 e. The Hall–Kier alpha value is -1.02. The molecular formula is C16H21ClO2. The van der Waals surface area contributed by atoms with Gasteiger partial charge < -0.3 is 4.74 Å². The van der Waals surface area contributed by atoms with E-state index in [0.29, 0.717) is 22.9 Å². The Morgan fingerprint density at radius 3 is 2.79 bits per heavy atom. The average molecular weight is 281 g/mol. The van der Waals surface area contributed by atoms with Gasteiger partial charge in [-0.3, -0.25) is 4.79 Å². The lowest BCUT2D eigenvalue weighted by atomic mass is 9.86. The highest BCUT2D eigenvalue weighted by Crippen LogP contribution is 2.29. The number of benzene rings is 1. The minimum Gasteiger partial charge on any atom is -0.492 e. The Labute approximate surface area is 120 Å². The maximum absolute atomic E-state index is 10.8. The van der Waals surface area contributed by atoms with E-state index in [2.05, 4.69) is 0 Å². The van der Waals surface area contributed by atoms with Crippen molar-refractivity contribution in [3.8, 4) is 5.75 Å². The summed E-state index contributed by atoms with van der Waals surface area (Å²) in [6.07, 6.45) is 10.00. The summed E-state index contributed by atoms with van der Waals surface area (Å²) in [5, 5.41) is 0.426. The summed E-state index contributed by atoms with van der Waals surface area (Å²) < 4.78 is 5.68. The van der Waals surface area contributed by atoms with Crippen molar-refractivity contribution in [1.29, 1.82) is 0 Å². The molecule has 2 nitrogen and oxygen atoms in total. The van der Waals surface area contributed by atoms with Crippen molar-refractivity contribution in [3.05, 3.63) is 28.8 Å². The van der Waals surface area contributed by atoms with E-state index in [-0.39, 0.29) is 0 Å². The molecule has 0 heterocycles. The number of carbonyl (C=O) groups is 1. The number of hydrogen-bond donors (Lipinski definition) is 0. The quantitative estimate of drug-likeness (QED) is 0.548. The summed E-state index contributed by atoms with van der Waals surface area (Å²) in [5.74, 6) is 1.50. The molecule has 1 aliphatic rings. The van der Waals surface area contributed by atoms with Crippen LogP contribution in [0, 0.1) is 5.92 Å². The molecule has 0 aromatic heterocycles. The zero-order valence-electron chi connectivity index (χ0n) is 11.2. The second-order valence-corrected chi connectivity index (χ2v) is 5.65. The molecule has 0 unspecified atom stereocenters. The summed E-state index contributed by atoms with van der Waals surface area (Å²) in [7, 11) is 0. The summed E-state index contributed by atoms with van der Waals surface area (Å²) in [5.41, 5.74) is 0.492. The summed E-state index contributed by atoms with van der Waals surface area (Å²) in [6.45, 7) is 0.679. The molecule has 104 valence electrons. The Morgan fingerprint density at radius 2 is 2.05 bits per heavy atom. The number of rotatable bonds is 6. The molecule has 0 radical (unpaired) electrons. The fourth-order valence-corrected chi connectivity index (χ4v) is 2.99. The fraction of sp³-hybridized carbons (Fsp3) is 0.562. The van der Waals surface area contributed by atoms with Crippen molar-refractivity contribution in [3.63, 3.8) is 0 Å². The fourth-order valence-electron chi connectivity index (χ4n) is 2.76. The van der Waals surface area contributed by atoms with Gasteiger partial charge in [0.25, 0.3) is 0 Å². The van der Waals surface area contributed by atoms with E-state index in [0.717, 1.165) is 18.6 Å². The zero-order chi connectivity index (χ0) is 13.5. The van der Waals surface area contributed by atoms with E-state index < -0.39 is 0 Å². The smallest absolute Gasteiger partial charge is 0.151 e. The van der Waals surface area contributed by atoms with E-state index in [1.807, 2.05) is 6.07 Å². The summed E-state index contributed by atoms with van der Waals surface area (Å²) in [4.78, 5) is 10.8. The van der Waals surface area contributed by atoms with Gasteiger partial charge in [0, 0.05) is 5.56 Å². The van der Waals surface area contributed by atoms with Gasteiger partial charge in [0.1, 0.15) is 5.75 Å². The normalized spacial score (nSPS) is 16.3. The highest BCUT2D eigenvalue weighted by atomic mass is 35.5.